The van der Waals surface area contributed by atoms with Crippen LogP contribution < -0.4 is 18.3 Å². The van der Waals surface area contributed by atoms with Gasteiger partial charge in [0.15, 0.2) is 24.8 Å². The van der Waals surface area contributed by atoms with E-state index in [1.807, 2.05) is 6.07 Å². The summed E-state index contributed by atoms with van der Waals surface area (Å²) in [4.78, 5) is 0. The molecular weight excluding hydrogens is 1570 g/mol. The molecule has 0 fully saturated rings. The molecule has 0 atom stereocenters. The fourth-order valence-corrected chi connectivity index (χ4v) is 23.8. The molecule has 12 aromatic carbocycles. The van der Waals surface area contributed by atoms with Crippen LogP contribution >= 0.6 is 0 Å². The number of fused-ring (bicyclic) bond motifs is 28. The summed E-state index contributed by atoms with van der Waals surface area (Å²) in [6.07, 6.45) is 15.2. The lowest BCUT2D eigenvalue weighted by Crippen LogP contribution is -2.32. The highest BCUT2D eigenvalue weighted by molar-refractivity contribution is 5.95. The third-order valence-electron chi connectivity index (χ3n) is 30.4. The van der Waals surface area contributed by atoms with Crippen LogP contribution in [-0.4, -0.2) is 0 Å². The number of hydrogen-bond acceptors (Lipinski definition) is 0. The first-order chi connectivity index (χ1) is 61.4. The van der Waals surface area contributed by atoms with Crippen molar-refractivity contribution in [2.75, 3.05) is 0 Å². The number of benzene rings is 12. The van der Waals surface area contributed by atoms with Crippen LogP contribution in [0.2, 0.25) is 0 Å². The van der Waals surface area contributed by atoms with Crippen LogP contribution in [0.3, 0.4) is 0 Å². The molecule has 0 bridgehead atoms. The van der Waals surface area contributed by atoms with E-state index in [4.69, 9.17) is 0 Å². The van der Waals surface area contributed by atoms with Gasteiger partial charge in [-0.05, 0) is 374 Å². The average Bonchev–Trinajstić information content (AvgIpc) is 1.58. The fraction of sp³-hybridized carbons (Fsp3) is 0.233. The smallest absolute Gasteiger partial charge is 0.206 e. The summed E-state index contributed by atoms with van der Waals surface area (Å²) < 4.78 is 71.0. The molecule has 4 heterocycles. The molecule has 632 valence electrons. The van der Waals surface area contributed by atoms with Crippen molar-refractivity contribution in [1.82, 2.24) is 0 Å². The number of aromatic nitrogens is 4. The largest absolute Gasteiger partial charge is 0.216 e. The summed E-state index contributed by atoms with van der Waals surface area (Å²) >= 11 is 0. The molecule has 0 saturated heterocycles. The Morgan fingerprint density at radius 2 is 0.500 bits per heavy atom. The van der Waals surface area contributed by atoms with Gasteiger partial charge in [0.05, 0.1) is 0 Å². The Kier molecular flexibility index (Phi) is 19.4. The van der Waals surface area contributed by atoms with Crippen LogP contribution in [0.25, 0.3) is 134 Å². The van der Waals surface area contributed by atoms with Crippen molar-refractivity contribution in [3.63, 3.8) is 0 Å². The third-order valence-corrected chi connectivity index (χ3v) is 30.4. The lowest BCUT2D eigenvalue weighted by atomic mass is 9.93. The van der Waals surface area contributed by atoms with E-state index in [0.717, 1.165) is 124 Å². The molecule has 8 aliphatic carbocycles. The van der Waals surface area contributed by atoms with Gasteiger partial charge in [-0.2, -0.15) is 0 Å². The third kappa shape index (κ3) is 12.8. The second-order valence-electron chi connectivity index (χ2n) is 38.6. The lowest BCUT2D eigenvalue weighted by molar-refractivity contribution is -0.660. The number of rotatable bonds is 4. The minimum absolute atomic E-state index is 0.0861. The Morgan fingerprint density at radius 3 is 0.914 bits per heavy atom. The Labute approximate surface area is 751 Å². The normalized spacial score (nSPS) is 13.1. The van der Waals surface area contributed by atoms with Crippen LogP contribution in [0.1, 0.15) is 178 Å². The summed E-state index contributed by atoms with van der Waals surface area (Å²) in [5.74, 6) is -0.356. The minimum Gasteiger partial charge on any atom is -0.206 e. The molecule has 4 nitrogen and oxygen atoms in total. The van der Waals surface area contributed by atoms with Crippen molar-refractivity contribution in [3.05, 3.63) is 396 Å². The van der Waals surface area contributed by atoms with Crippen molar-refractivity contribution in [3.8, 4) is 134 Å². The summed E-state index contributed by atoms with van der Waals surface area (Å²) in [6, 6.07) is 59.5. The molecular formula is C120H108F4N4+4. The van der Waals surface area contributed by atoms with Crippen molar-refractivity contribution in [1.29, 1.82) is 0 Å². The van der Waals surface area contributed by atoms with Crippen molar-refractivity contribution in [2.45, 2.75) is 162 Å². The van der Waals surface area contributed by atoms with E-state index in [-0.39, 0.29) is 23.3 Å². The van der Waals surface area contributed by atoms with Crippen molar-refractivity contribution in [2.24, 2.45) is 28.2 Å². The molecule has 0 radical (unpaired) electrons. The maximum atomic E-state index is 15.6. The molecule has 24 rings (SSSR count). The molecule has 4 aromatic heterocycles. The zero-order valence-electron chi connectivity index (χ0n) is 77.4. The summed E-state index contributed by atoms with van der Waals surface area (Å²) in [5, 5.41) is 0. The molecule has 16 aromatic rings. The Balaban J connectivity index is 0.000000104. The maximum absolute atomic E-state index is 15.6. The Bertz CT molecular complexity index is 7700. The first-order valence-corrected chi connectivity index (χ1v) is 45.5. The van der Waals surface area contributed by atoms with E-state index in [0.29, 0.717) is 0 Å². The van der Waals surface area contributed by atoms with Gasteiger partial charge >= 0.3 is 0 Å². The van der Waals surface area contributed by atoms with Gasteiger partial charge in [0.1, 0.15) is 51.5 Å². The van der Waals surface area contributed by atoms with Crippen molar-refractivity contribution >= 4 is 0 Å². The highest BCUT2D eigenvalue weighted by Crippen LogP contribution is 2.56. The van der Waals surface area contributed by atoms with Gasteiger partial charge in [0, 0.05) is 117 Å². The van der Waals surface area contributed by atoms with Gasteiger partial charge < -0.3 is 0 Å². The topological polar surface area (TPSA) is 15.5 Å². The molecule has 0 aliphatic heterocycles. The van der Waals surface area contributed by atoms with E-state index in [1.165, 1.54) is 240 Å². The first-order valence-electron chi connectivity index (χ1n) is 45.5. The average molecular weight is 1680 g/mol. The Morgan fingerprint density at radius 1 is 0.188 bits per heavy atom. The molecule has 8 aliphatic rings. The van der Waals surface area contributed by atoms with Gasteiger partial charge in [-0.3, -0.25) is 0 Å². The standard InChI is InChI=1S/4C30H27FN/c1-16-6-7-21-20(11-16)13-26-24-14-27-22(25(24)15-28(31)29(21)26)8-9-32(5)30(27)23-12-17(2)10-18(3)19(23)4;1-16-6-7-20-13-26-24-14-27-21(25(24)15-28(31)29(26)23(20)11-16)8-9-32(5)30(27)22-12-17(2)10-18(3)19(22)4;1-16-11-18(3)19(4)23(12-16)30-27-14-24-25(20(27)9-10-32(30)5)15-28(31)29-21-8-6-7-17(2)22(21)13-26(24)29;1-16-11-18(3)19(4)22(12-16)30-26-14-23-24(21(26)9-10-32(30)5)15-27(31)29-25(23)13-20-8-6-7-17(2)28(20)29/h4*6-12,15H,13-14H2,1-5H3/q4*+1. The molecule has 0 spiro atoms. The predicted molar refractivity (Wildman–Crippen MR) is 514 cm³/mol. The summed E-state index contributed by atoms with van der Waals surface area (Å²) in [6.45, 7) is 34.7. The Hall–Kier alpha value is -13.0. The first kappa shape index (κ1) is 82.0. The SMILES string of the molecule is Cc1cc(C)c(C)c(-c2c3c(cc[n+]2C)-c2cc(F)c4c(c2C3)Cc2c(C)cccc2-4)c1.Cc1cc(C)c(C)c(-c2c3c(cc[n+]2C)-c2cc(F)c4c(c2C3)Cc2cccc(C)c2-4)c1.Cc1ccc2c(c1)-c1c(F)cc3c(c1C2)Cc1c-3cc[n+](C)c1-c1cc(C)cc(C)c1C.Cc1ccc2c(c1)Cc1c3c(cc(F)c1-2)-c1cc[n+](C)c(-c2cc(C)cc(C)c2C)c1C3. The van der Waals surface area contributed by atoms with Gasteiger partial charge in [0.25, 0.3) is 0 Å². The molecule has 0 N–H and O–H groups in total. The van der Waals surface area contributed by atoms with E-state index in [1.54, 1.807) is 24.3 Å². The van der Waals surface area contributed by atoms with Gasteiger partial charge in [-0.25, -0.2) is 35.8 Å². The molecule has 8 heteroatoms. The zero-order valence-corrected chi connectivity index (χ0v) is 77.4. The predicted octanol–water partition coefficient (Wildman–Crippen LogP) is 26.8. The number of nitrogens with zero attached hydrogens (tertiary/aromatic N) is 4. The summed E-state index contributed by atoms with van der Waals surface area (Å²) in [5.41, 5.74) is 67.5. The van der Waals surface area contributed by atoms with Crippen LogP contribution in [0.4, 0.5) is 17.6 Å². The number of hydrogen-bond donors (Lipinski definition) is 0. The van der Waals surface area contributed by atoms with Crippen molar-refractivity contribution < 1.29 is 35.8 Å². The zero-order chi connectivity index (χ0) is 89.2. The second kappa shape index (κ2) is 30.3. The van der Waals surface area contributed by atoms with Crippen LogP contribution in [0, 0.1) is 134 Å². The molecule has 0 unspecified atom stereocenters. The van der Waals surface area contributed by atoms with Crippen LogP contribution in [0.5, 0.6) is 0 Å². The van der Waals surface area contributed by atoms with Crippen LogP contribution in [-0.2, 0) is 79.6 Å². The van der Waals surface area contributed by atoms with Gasteiger partial charge in [-0.1, -0.05) is 130 Å². The number of halogens is 4. The molecule has 0 saturated carbocycles. The number of pyridine rings is 4. The van der Waals surface area contributed by atoms with E-state index in [2.05, 4.69) is 322 Å². The number of aryl methyl sites for hydroxylation is 16. The minimum atomic E-state index is -0.0911. The van der Waals surface area contributed by atoms with Gasteiger partial charge in [-0.15, -0.1) is 0 Å². The molecule has 128 heavy (non-hydrogen) atoms. The van der Waals surface area contributed by atoms with Gasteiger partial charge in [0.2, 0.25) is 22.8 Å². The van der Waals surface area contributed by atoms with Crippen LogP contribution in [0.15, 0.2) is 195 Å². The quantitative estimate of drug-likeness (QED) is 0.123. The highest BCUT2D eigenvalue weighted by atomic mass is 19.1. The van der Waals surface area contributed by atoms with E-state index < -0.39 is 0 Å². The monoisotopic (exact) mass is 1680 g/mol. The second-order valence-corrected chi connectivity index (χ2v) is 38.6. The highest BCUT2D eigenvalue weighted by Gasteiger charge is 2.42. The fourth-order valence-electron chi connectivity index (χ4n) is 23.8. The maximum Gasteiger partial charge on any atom is 0.216 e. The lowest BCUT2D eigenvalue weighted by Gasteiger charge is -2.12. The summed E-state index contributed by atoms with van der Waals surface area (Å²) in [7, 11) is 8.50. The van der Waals surface area contributed by atoms with E-state index >= 15 is 17.6 Å². The molecule has 0 amide bonds. The van der Waals surface area contributed by atoms with E-state index in [9.17, 15) is 0 Å².